The summed E-state index contributed by atoms with van der Waals surface area (Å²) in [5.41, 5.74) is 1.72. The summed E-state index contributed by atoms with van der Waals surface area (Å²) in [6.45, 7) is 5.90. The van der Waals surface area contributed by atoms with Crippen LogP contribution < -0.4 is 0 Å². The van der Waals surface area contributed by atoms with Crippen LogP contribution in [0.4, 0.5) is 0 Å². The molecule has 0 aliphatic heterocycles. The van der Waals surface area contributed by atoms with Crippen molar-refractivity contribution in [2.75, 3.05) is 6.61 Å². The predicted octanol–water partition coefficient (Wildman–Crippen LogP) is 2.55. The van der Waals surface area contributed by atoms with Crippen molar-refractivity contribution in [3.8, 4) is 0 Å². The van der Waals surface area contributed by atoms with Gasteiger partial charge in [-0.25, -0.2) is 9.78 Å². The maximum atomic E-state index is 11.5. The molecule has 0 amide bonds. The highest BCUT2D eigenvalue weighted by atomic mass is 16.5. The van der Waals surface area contributed by atoms with Crippen molar-refractivity contribution in [2.24, 2.45) is 0 Å². The van der Waals surface area contributed by atoms with Crippen molar-refractivity contribution in [2.45, 2.75) is 32.8 Å². The molecular weight excluding hydrogens is 246 g/mol. The van der Waals surface area contributed by atoms with E-state index < -0.39 is 12.1 Å². The Hall–Kier alpha value is -1.88. The van der Waals surface area contributed by atoms with E-state index in [0.29, 0.717) is 22.6 Å². The lowest BCUT2D eigenvalue weighted by Gasteiger charge is -2.09. The number of nitrogens with zero attached hydrogens (tertiary/aromatic N) is 1. The second kappa shape index (κ2) is 5.40. The molecule has 0 saturated heterocycles. The first kappa shape index (κ1) is 13.5. The summed E-state index contributed by atoms with van der Waals surface area (Å²) in [5.74, 6) is 0.165. The Kier molecular flexibility index (Phi) is 3.85. The van der Waals surface area contributed by atoms with Gasteiger partial charge < -0.3 is 14.3 Å². The Morgan fingerprint density at radius 3 is 2.84 bits per heavy atom. The Morgan fingerprint density at radius 1 is 1.47 bits per heavy atom. The molecule has 19 heavy (non-hydrogen) atoms. The quantitative estimate of drug-likeness (QED) is 0.858. The monoisotopic (exact) mass is 263 g/mol. The number of fused-ring (bicyclic) bond motifs is 1. The highest BCUT2D eigenvalue weighted by Gasteiger charge is 2.20. The normalized spacial score (nSPS) is 12.9. The Morgan fingerprint density at radius 2 is 2.21 bits per heavy atom. The minimum atomic E-state index is -1.29. The van der Waals surface area contributed by atoms with Crippen LogP contribution >= 0.6 is 0 Å². The number of oxazole rings is 1. The number of ether oxygens (including phenoxy) is 1. The lowest BCUT2D eigenvalue weighted by Crippen LogP contribution is -2.15. The molecule has 0 aliphatic carbocycles. The maximum Gasteiger partial charge on any atom is 0.339 e. The van der Waals surface area contributed by atoms with E-state index in [9.17, 15) is 9.90 Å². The van der Waals surface area contributed by atoms with Gasteiger partial charge in [-0.05, 0) is 24.6 Å². The van der Waals surface area contributed by atoms with Gasteiger partial charge in [0.2, 0.25) is 0 Å². The number of carbonyl (C=O) groups excluding carboxylic acids is 1. The first-order chi connectivity index (χ1) is 9.02. The van der Waals surface area contributed by atoms with Crippen LogP contribution in [0, 0.1) is 0 Å². The summed E-state index contributed by atoms with van der Waals surface area (Å²) in [6.07, 6.45) is -1.29. The largest absolute Gasteiger partial charge is 0.464 e. The fourth-order valence-electron chi connectivity index (χ4n) is 1.74. The fraction of sp³-hybridized carbons (Fsp3) is 0.429. The van der Waals surface area contributed by atoms with Gasteiger partial charge in [0.1, 0.15) is 5.52 Å². The molecule has 0 aliphatic rings. The van der Waals surface area contributed by atoms with Crippen LogP contribution in [-0.4, -0.2) is 22.7 Å². The molecule has 1 atom stereocenters. The minimum Gasteiger partial charge on any atom is -0.464 e. The fourth-order valence-corrected chi connectivity index (χ4v) is 1.74. The van der Waals surface area contributed by atoms with Crippen LogP contribution in [0.3, 0.4) is 0 Å². The van der Waals surface area contributed by atoms with Crippen LogP contribution in [0.15, 0.2) is 22.6 Å². The van der Waals surface area contributed by atoms with Crippen LogP contribution in [0.1, 0.15) is 44.2 Å². The summed E-state index contributed by atoms with van der Waals surface area (Å²) >= 11 is 0. The molecule has 5 nitrogen and oxygen atoms in total. The van der Waals surface area contributed by atoms with E-state index in [1.165, 1.54) is 0 Å². The highest BCUT2D eigenvalue weighted by Crippen LogP contribution is 2.24. The Labute approximate surface area is 111 Å². The summed E-state index contributed by atoms with van der Waals surface area (Å²) in [5, 5.41) is 9.86. The van der Waals surface area contributed by atoms with Crippen LogP contribution in [0.25, 0.3) is 11.1 Å². The molecule has 2 aromatic rings. The summed E-state index contributed by atoms with van der Waals surface area (Å²) in [6, 6.07) is 4.98. The maximum absolute atomic E-state index is 11.5. The zero-order valence-corrected chi connectivity index (χ0v) is 11.2. The predicted molar refractivity (Wildman–Crippen MR) is 69.7 cm³/mol. The van der Waals surface area contributed by atoms with Crippen molar-refractivity contribution < 1.29 is 19.1 Å². The van der Waals surface area contributed by atoms with E-state index >= 15 is 0 Å². The molecule has 0 bridgehead atoms. The molecule has 0 radical (unpaired) electrons. The number of aliphatic hydroxyl groups excluding tert-OH is 1. The van der Waals surface area contributed by atoms with Crippen molar-refractivity contribution in [1.29, 1.82) is 0 Å². The summed E-state index contributed by atoms with van der Waals surface area (Å²) in [7, 11) is 0. The second-order valence-corrected chi connectivity index (χ2v) is 4.59. The number of hydrogen-bond donors (Lipinski definition) is 1. The van der Waals surface area contributed by atoms with Crippen molar-refractivity contribution >= 4 is 17.1 Å². The van der Waals surface area contributed by atoms with Gasteiger partial charge in [0.05, 0.1) is 6.61 Å². The van der Waals surface area contributed by atoms with Gasteiger partial charge in [0.25, 0.3) is 0 Å². The van der Waals surface area contributed by atoms with Gasteiger partial charge in [-0.1, -0.05) is 19.9 Å². The van der Waals surface area contributed by atoms with E-state index in [1.807, 2.05) is 13.8 Å². The number of carbonyl (C=O) groups is 1. The molecule has 0 fully saturated rings. The zero-order valence-electron chi connectivity index (χ0n) is 11.2. The smallest absolute Gasteiger partial charge is 0.339 e. The van der Waals surface area contributed by atoms with E-state index in [2.05, 4.69) is 4.98 Å². The van der Waals surface area contributed by atoms with Gasteiger partial charge in [-0.15, -0.1) is 0 Å². The molecule has 1 aromatic carbocycles. The number of hydrogen-bond acceptors (Lipinski definition) is 5. The van der Waals surface area contributed by atoms with Gasteiger partial charge in [-0.2, -0.15) is 0 Å². The van der Waals surface area contributed by atoms with E-state index in [-0.39, 0.29) is 12.5 Å². The minimum absolute atomic E-state index is 0.186. The Bertz CT molecular complexity index is 588. The van der Waals surface area contributed by atoms with Crippen LogP contribution in [0.5, 0.6) is 0 Å². The molecule has 0 saturated carbocycles. The lowest BCUT2D eigenvalue weighted by atomic mass is 10.1. The zero-order chi connectivity index (χ0) is 14.0. The number of aliphatic hydroxyl groups is 1. The molecule has 1 heterocycles. The van der Waals surface area contributed by atoms with Crippen molar-refractivity contribution in [3.63, 3.8) is 0 Å². The first-order valence-corrected chi connectivity index (χ1v) is 6.28. The summed E-state index contributed by atoms with van der Waals surface area (Å²) in [4.78, 5) is 15.8. The molecule has 2 rings (SSSR count). The molecule has 5 heteroatoms. The van der Waals surface area contributed by atoms with Gasteiger partial charge in [-0.3, -0.25) is 0 Å². The first-order valence-electron chi connectivity index (χ1n) is 6.28. The number of rotatable bonds is 4. The van der Waals surface area contributed by atoms with Crippen molar-refractivity contribution in [3.05, 3.63) is 29.7 Å². The Balaban J connectivity index is 2.33. The van der Waals surface area contributed by atoms with Crippen molar-refractivity contribution in [1.82, 2.24) is 4.98 Å². The third-order valence-corrected chi connectivity index (χ3v) is 2.75. The van der Waals surface area contributed by atoms with Crippen LogP contribution in [-0.2, 0) is 9.53 Å². The average molecular weight is 263 g/mol. The third-order valence-electron chi connectivity index (χ3n) is 2.75. The number of esters is 1. The molecule has 1 aromatic heterocycles. The molecule has 1 unspecified atom stereocenters. The molecule has 0 spiro atoms. The van der Waals surface area contributed by atoms with Gasteiger partial charge >= 0.3 is 5.97 Å². The van der Waals surface area contributed by atoms with Gasteiger partial charge in [0, 0.05) is 5.92 Å². The second-order valence-electron chi connectivity index (χ2n) is 4.59. The van der Waals surface area contributed by atoms with E-state index in [1.54, 1.807) is 25.1 Å². The number of aromatic nitrogens is 1. The molecular formula is C14H17NO4. The van der Waals surface area contributed by atoms with E-state index in [0.717, 1.165) is 0 Å². The molecule has 102 valence electrons. The standard InChI is InChI=1S/C14H17NO4/c1-4-18-14(17)12(16)9-5-6-11-10(7-9)15-13(19-11)8(2)3/h5-8,12,16H,4H2,1-3H3. The van der Waals surface area contributed by atoms with Crippen LogP contribution in [0.2, 0.25) is 0 Å². The average Bonchev–Trinajstić information content (AvgIpc) is 2.81. The lowest BCUT2D eigenvalue weighted by molar-refractivity contribution is -0.153. The third kappa shape index (κ3) is 2.76. The highest BCUT2D eigenvalue weighted by molar-refractivity contribution is 5.80. The van der Waals surface area contributed by atoms with Gasteiger partial charge in [0.15, 0.2) is 17.6 Å². The SMILES string of the molecule is CCOC(=O)C(O)c1ccc2oc(C(C)C)nc2c1. The van der Waals surface area contributed by atoms with E-state index in [4.69, 9.17) is 9.15 Å². The summed E-state index contributed by atoms with van der Waals surface area (Å²) < 4.78 is 10.3. The topological polar surface area (TPSA) is 72.6 Å². The number of benzene rings is 1. The molecule has 1 N–H and O–H groups in total.